The third-order valence-corrected chi connectivity index (χ3v) is 9.03. The number of carbonyl (C=O) groups is 3. The molecule has 2 bridgehead atoms. The quantitative estimate of drug-likeness (QED) is 0.334. The second-order valence-corrected chi connectivity index (χ2v) is 12.0. The predicted octanol–water partition coefficient (Wildman–Crippen LogP) is 5.33. The third kappa shape index (κ3) is 5.27. The average molecular weight is 603 g/mol. The molecular weight excluding hydrogens is 570 g/mol. The molecule has 2 aromatic rings. The summed E-state index contributed by atoms with van der Waals surface area (Å²) in [4.78, 5) is 44.9. The van der Waals surface area contributed by atoms with E-state index in [1.54, 1.807) is 12.3 Å². The Kier molecular flexibility index (Phi) is 7.69. The number of hydrogen-bond donors (Lipinski definition) is 3. The molecule has 10 heteroatoms. The molecule has 4 N–H and O–H groups in total. The lowest BCUT2D eigenvalue weighted by molar-refractivity contribution is 0.0923. The fraction of sp³-hybridized carbons (Fsp3) is 0.500. The average Bonchev–Trinajstić information content (AvgIpc) is 3.70. The van der Waals surface area contributed by atoms with E-state index in [-0.39, 0.29) is 57.9 Å². The fourth-order valence-electron chi connectivity index (χ4n) is 5.70. The topological polar surface area (TPSA) is 117 Å². The van der Waals surface area contributed by atoms with Gasteiger partial charge in [-0.1, -0.05) is 18.5 Å². The van der Waals surface area contributed by atoms with E-state index in [0.717, 1.165) is 50.8 Å². The maximum Gasteiger partial charge on any atom is 0.254 e. The summed E-state index contributed by atoms with van der Waals surface area (Å²) in [6, 6.07) is 5.96. The van der Waals surface area contributed by atoms with Gasteiger partial charge >= 0.3 is 0 Å². The number of rotatable bonds is 9. The fourth-order valence-corrected chi connectivity index (χ4v) is 6.77. The normalized spacial score (nSPS) is 23.2. The Hall–Kier alpha value is -2.65. The number of nitrogens with one attached hydrogen (secondary N) is 2. The molecule has 5 rings (SSSR count). The summed E-state index contributed by atoms with van der Waals surface area (Å²) in [5.41, 5.74) is 7.20. The lowest BCUT2D eigenvalue weighted by Gasteiger charge is -2.40. The summed E-state index contributed by atoms with van der Waals surface area (Å²) in [6.07, 6.45) is 8.13. The Morgan fingerprint density at radius 3 is 2.42 bits per heavy atom. The van der Waals surface area contributed by atoms with Gasteiger partial charge in [0.25, 0.3) is 11.8 Å². The van der Waals surface area contributed by atoms with Crippen LogP contribution in [0.15, 0.2) is 28.9 Å². The minimum absolute atomic E-state index is 0.0169. The minimum atomic E-state index is -0.618. The van der Waals surface area contributed by atoms with Crippen molar-refractivity contribution in [1.29, 1.82) is 0 Å². The molecule has 3 heterocycles. The van der Waals surface area contributed by atoms with Gasteiger partial charge in [0, 0.05) is 46.3 Å². The number of carbonyl (C=O) groups excluding carboxylic acids is 3. The van der Waals surface area contributed by atoms with Crippen LogP contribution in [0.1, 0.15) is 89.9 Å². The summed E-state index contributed by atoms with van der Waals surface area (Å²) in [5, 5.41) is 6.60. The molecule has 0 radical (unpaired) electrons. The van der Waals surface area contributed by atoms with Gasteiger partial charge in [0.2, 0.25) is 0 Å². The Morgan fingerprint density at radius 2 is 1.87 bits per heavy atom. The van der Waals surface area contributed by atoms with E-state index in [9.17, 15) is 14.4 Å². The number of hydrogen-bond acceptors (Lipinski definition) is 6. The number of aromatic nitrogens is 1. The number of halogens is 2. The highest BCUT2D eigenvalue weighted by Crippen LogP contribution is 2.40. The van der Waals surface area contributed by atoms with Gasteiger partial charge in [0.05, 0.1) is 21.8 Å². The number of nitrogens with zero attached hydrogens (tertiary/aromatic N) is 2. The third-order valence-electron chi connectivity index (χ3n) is 8.03. The highest BCUT2D eigenvalue weighted by Gasteiger charge is 2.42. The SMILES string of the molecule is CC[C@@H](C)Nc1c(C(N)=O)cc(Br)c(C(=O)N[C@H]2C[C@H]3CC[C@@H](C2)N3c2ccc(C(=O)C3CC3)cn2)c1Cl. The first-order valence-corrected chi connectivity index (χ1v) is 14.5. The van der Waals surface area contributed by atoms with Crippen molar-refractivity contribution in [3.05, 3.63) is 50.6 Å². The summed E-state index contributed by atoms with van der Waals surface area (Å²) >= 11 is 10.1. The molecule has 8 nitrogen and oxygen atoms in total. The summed E-state index contributed by atoms with van der Waals surface area (Å²) < 4.78 is 0.425. The molecular formula is C28H33BrClN5O3. The number of benzene rings is 1. The van der Waals surface area contributed by atoms with Crippen LogP contribution < -0.4 is 21.3 Å². The summed E-state index contributed by atoms with van der Waals surface area (Å²) in [5.74, 6) is 0.366. The molecule has 3 fully saturated rings. The molecule has 2 aliphatic heterocycles. The van der Waals surface area contributed by atoms with Crippen molar-refractivity contribution in [2.24, 2.45) is 11.7 Å². The van der Waals surface area contributed by atoms with Gasteiger partial charge in [-0.25, -0.2) is 4.98 Å². The standard InChI is InChI=1S/C28H33BrClN5O3/c1-3-14(2)33-25-20(27(31)37)12-21(29)23(24(25)30)28(38)34-17-10-18-7-8-19(11-17)35(18)22-9-6-16(13-32-22)26(36)15-4-5-15/h6,9,12-15,17-19,33H,3-5,7-8,10-11H2,1-2H3,(H2,31,37)(H,34,38)/t14-,17-,18+,19-/m1/s1. The number of pyridine rings is 1. The highest BCUT2D eigenvalue weighted by molar-refractivity contribution is 9.10. The number of fused-ring (bicyclic) bond motifs is 2. The molecule has 202 valence electrons. The highest BCUT2D eigenvalue weighted by atomic mass is 79.9. The van der Waals surface area contributed by atoms with Crippen LogP contribution in [0.3, 0.4) is 0 Å². The second kappa shape index (κ2) is 10.8. The molecule has 3 aliphatic rings. The van der Waals surface area contributed by atoms with E-state index in [1.165, 1.54) is 0 Å². The first-order valence-electron chi connectivity index (χ1n) is 13.4. The number of ketones is 1. The van der Waals surface area contributed by atoms with Gasteiger partial charge in [-0.15, -0.1) is 0 Å². The van der Waals surface area contributed by atoms with E-state index >= 15 is 0 Å². The number of anilines is 2. The van der Waals surface area contributed by atoms with Crippen LogP contribution in [-0.4, -0.2) is 46.7 Å². The van der Waals surface area contributed by atoms with Gasteiger partial charge in [0.1, 0.15) is 5.82 Å². The van der Waals surface area contributed by atoms with Crippen molar-refractivity contribution in [2.75, 3.05) is 10.2 Å². The van der Waals surface area contributed by atoms with Gasteiger partial charge in [-0.05, 0) is 86.0 Å². The smallest absolute Gasteiger partial charge is 0.254 e. The zero-order chi connectivity index (χ0) is 27.1. The molecule has 1 aliphatic carbocycles. The number of Topliss-reactive ketones (excluding diaryl/α,β-unsaturated/α-hetero) is 1. The van der Waals surface area contributed by atoms with Crippen LogP contribution in [0.4, 0.5) is 11.5 Å². The van der Waals surface area contributed by atoms with Gasteiger partial charge in [0.15, 0.2) is 5.78 Å². The Labute approximate surface area is 236 Å². The van der Waals surface area contributed by atoms with Crippen molar-refractivity contribution in [3.8, 4) is 0 Å². The van der Waals surface area contributed by atoms with Crippen LogP contribution in [0.25, 0.3) is 0 Å². The van der Waals surface area contributed by atoms with E-state index in [0.29, 0.717) is 15.7 Å². The maximum absolute atomic E-state index is 13.5. The van der Waals surface area contributed by atoms with E-state index in [4.69, 9.17) is 17.3 Å². The number of piperidine rings is 1. The van der Waals surface area contributed by atoms with Crippen molar-refractivity contribution in [3.63, 3.8) is 0 Å². The van der Waals surface area contributed by atoms with Gasteiger partial charge in [-0.3, -0.25) is 14.4 Å². The minimum Gasteiger partial charge on any atom is -0.381 e. The van der Waals surface area contributed by atoms with Crippen molar-refractivity contribution in [1.82, 2.24) is 10.3 Å². The second-order valence-electron chi connectivity index (χ2n) is 10.8. The predicted molar refractivity (Wildman–Crippen MR) is 152 cm³/mol. The van der Waals surface area contributed by atoms with Crippen LogP contribution in [0.5, 0.6) is 0 Å². The van der Waals surface area contributed by atoms with E-state index in [2.05, 4.69) is 36.4 Å². The van der Waals surface area contributed by atoms with Crippen LogP contribution in [-0.2, 0) is 0 Å². The van der Waals surface area contributed by atoms with Gasteiger partial charge in [-0.2, -0.15) is 0 Å². The molecule has 4 atom stereocenters. The molecule has 2 amide bonds. The van der Waals surface area contributed by atoms with Crippen LogP contribution in [0, 0.1) is 5.92 Å². The van der Waals surface area contributed by atoms with Crippen molar-refractivity contribution >= 4 is 56.6 Å². The molecule has 2 saturated heterocycles. The molecule has 1 saturated carbocycles. The summed E-state index contributed by atoms with van der Waals surface area (Å²) in [7, 11) is 0. The Bertz CT molecular complexity index is 1250. The Morgan fingerprint density at radius 1 is 1.18 bits per heavy atom. The van der Waals surface area contributed by atoms with Crippen molar-refractivity contribution < 1.29 is 14.4 Å². The van der Waals surface area contributed by atoms with Crippen molar-refractivity contribution in [2.45, 2.75) is 83.0 Å². The Balaban J connectivity index is 1.30. The zero-order valence-corrected chi connectivity index (χ0v) is 23.9. The first kappa shape index (κ1) is 26.9. The number of primary amides is 1. The molecule has 1 aromatic carbocycles. The first-order chi connectivity index (χ1) is 18.2. The number of nitrogens with two attached hydrogens (primary N) is 1. The lowest BCUT2D eigenvalue weighted by atomic mass is 9.96. The molecule has 0 spiro atoms. The van der Waals surface area contributed by atoms with E-state index < -0.39 is 5.91 Å². The van der Waals surface area contributed by atoms with Crippen LogP contribution in [0.2, 0.25) is 5.02 Å². The summed E-state index contributed by atoms with van der Waals surface area (Å²) in [6.45, 7) is 3.99. The van der Waals surface area contributed by atoms with Gasteiger partial charge < -0.3 is 21.3 Å². The number of amides is 2. The molecule has 0 unspecified atom stereocenters. The molecule has 38 heavy (non-hydrogen) atoms. The zero-order valence-electron chi connectivity index (χ0n) is 21.6. The molecule has 1 aromatic heterocycles. The monoisotopic (exact) mass is 601 g/mol. The largest absolute Gasteiger partial charge is 0.381 e. The van der Waals surface area contributed by atoms with E-state index in [1.807, 2.05) is 26.0 Å². The lowest BCUT2D eigenvalue weighted by Crippen LogP contribution is -2.50. The maximum atomic E-state index is 13.5. The van der Waals surface area contributed by atoms with Crippen LogP contribution >= 0.6 is 27.5 Å².